The van der Waals surface area contributed by atoms with Gasteiger partial charge in [-0.15, -0.1) is 0 Å². The zero-order valence-corrected chi connectivity index (χ0v) is 9.06. The maximum Gasteiger partial charge on any atom is 0.205 e. The molecular formula is C9H14FN3S. The molecule has 1 aliphatic heterocycles. The Balaban J connectivity index is 2.13. The van der Waals surface area contributed by atoms with Crippen molar-refractivity contribution in [1.82, 2.24) is 9.36 Å². The van der Waals surface area contributed by atoms with E-state index in [0.29, 0.717) is 0 Å². The predicted molar refractivity (Wildman–Crippen MR) is 55.6 cm³/mol. The van der Waals surface area contributed by atoms with Crippen molar-refractivity contribution in [2.75, 3.05) is 18.1 Å². The number of halogens is 1. The zero-order valence-electron chi connectivity index (χ0n) is 8.24. The number of aryl methyl sites for hydroxylation is 1. The highest BCUT2D eigenvalue weighted by atomic mass is 32.1. The zero-order chi connectivity index (χ0) is 9.97. The second-order valence-corrected chi connectivity index (χ2v) is 4.22. The van der Waals surface area contributed by atoms with Gasteiger partial charge in [0.05, 0.1) is 6.04 Å². The van der Waals surface area contributed by atoms with E-state index in [9.17, 15) is 4.39 Å². The van der Waals surface area contributed by atoms with Crippen LogP contribution >= 0.6 is 11.5 Å². The van der Waals surface area contributed by atoms with E-state index < -0.39 is 0 Å². The van der Waals surface area contributed by atoms with Crippen LogP contribution in [-0.2, 0) is 6.42 Å². The molecule has 3 nitrogen and oxygen atoms in total. The van der Waals surface area contributed by atoms with E-state index in [0.717, 1.165) is 36.8 Å². The summed E-state index contributed by atoms with van der Waals surface area (Å²) in [6.07, 6.45) is 2.86. The molecule has 1 fully saturated rings. The van der Waals surface area contributed by atoms with Gasteiger partial charge >= 0.3 is 0 Å². The minimum Gasteiger partial charge on any atom is -0.341 e. The van der Waals surface area contributed by atoms with Crippen molar-refractivity contribution in [3.8, 4) is 0 Å². The van der Waals surface area contributed by atoms with Crippen molar-refractivity contribution in [3.05, 3.63) is 5.82 Å². The van der Waals surface area contributed by atoms with Crippen LogP contribution in [0.15, 0.2) is 0 Å². The lowest BCUT2D eigenvalue weighted by Crippen LogP contribution is -2.30. The molecule has 5 heteroatoms. The minimum absolute atomic E-state index is 0.0349. The van der Waals surface area contributed by atoms with E-state index in [2.05, 4.69) is 14.3 Å². The third-order valence-electron chi connectivity index (χ3n) is 2.57. The van der Waals surface area contributed by atoms with Gasteiger partial charge < -0.3 is 4.90 Å². The summed E-state index contributed by atoms with van der Waals surface area (Å²) in [5.74, 6) is 0.870. The molecule has 1 aromatic heterocycles. The largest absolute Gasteiger partial charge is 0.341 e. The van der Waals surface area contributed by atoms with Crippen LogP contribution in [0.5, 0.6) is 0 Å². The lowest BCUT2D eigenvalue weighted by molar-refractivity contribution is 0.428. The van der Waals surface area contributed by atoms with Gasteiger partial charge in [0.1, 0.15) is 12.5 Å². The second kappa shape index (κ2) is 4.21. The molecule has 1 aliphatic rings. The van der Waals surface area contributed by atoms with Gasteiger partial charge in [0.25, 0.3) is 0 Å². The van der Waals surface area contributed by atoms with Gasteiger partial charge in [0.15, 0.2) is 0 Å². The van der Waals surface area contributed by atoms with E-state index >= 15 is 0 Å². The van der Waals surface area contributed by atoms with Gasteiger partial charge in [-0.2, -0.15) is 4.37 Å². The molecule has 14 heavy (non-hydrogen) atoms. The summed E-state index contributed by atoms with van der Waals surface area (Å²) in [6.45, 7) is 2.68. The smallest absolute Gasteiger partial charge is 0.205 e. The standard InChI is InChI=1S/C9H14FN3S/c1-2-8-11-9(14-12-8)13-5-3-4-7(13)6-10/h7H,2-6H2,1H3. The van der Waals surface area contributed by atoms with Crippen molar-refractivity contribution in [1.29, 1.82) is 0 Å². The molecule has 0 saturated carbocycles. The summed E-state index contributed by atoms with van der Waals surface area (Å²) in [5, 5.41) is 0.891. The third-order valence-corrected chi connectivity index (χ3v) is 3.37. The molecule has 1 unspecified atom stereocenters. The summed E-state index contributed by atoms with van der Waals surface area (Å²) >= 11 is 1.39. The van der Waals surface area contributed by atoms with E-state index in [1.807, 2.05) is 6.92 Å². The van der Waals surface area contributed by atoms with Gasteiger partial charge in [-0.3, -0.25) is 0 Å². The molecule has 0 aliphatic carbocycles. The van der Waals surface area contributed by atoms with Gasteiger partial charge in [0, 0.05) is 24.5 Å². The summed E-state index contributed by atoms with van der Waals surface area (Å²) in [7, 11) is 0. The Hall–Kier alpha value is -0.710. The predicted octanol–water partition coefficient (Wildman–Crippen LogP) is 2.04. The van der Waals surface area contributed by atoms with Crippen molar-refractivity contribution in [3.63, 3.8) is 0 Å². The minimum atomic E-state index is -0.277. The third kappa shape index (κ3) is 1.73. The van der Waals surface area contributed by atoms with Crippen LogP contribution in [0.1, 0.15) is 25.6 Å². The van der Waals surface area contributed by atoms with Gasteiger partial charge in [0.2, 0.25) is 5.13 Å². The Labute approximate surface area is 87.1 Å². The average Bonchev–Trinajstić information content (AvgIpc) is 2.85. The molecule has 1 atom stereocenters. The molecule has 1 saturated heterocycles. The first kappa shape index (κ1) is 9.83. The monoisotopic (exact) mass is 215 g/mol. The lowest BCUT2D eigenvalue weighted by atomic mass is 10.2. The van der Waals surface area contributed by atoms with Gasteiger partial charge in [-0.1, -0.05) is 6.92 Å². The number of aromatic nitrogens is 2. The molecule has 2 heterocycles. The molecule has 0 N–H and O–H groups in total. The number of rotatable bonds is 3. The fourth-order valence-corrected chi connectivity index (χ4v) is 2.60. The fraction of sp³-hybridized carbons (Fsp3) is 0.778. The van der Waals surface area contributed by atoms with Crippen LogP contribution in [0.3, 0.4) is 0 Å². The van der Waals surface area contributed by atoms with Crippen LogP contribution in [0.25, 0.3) is 0 Å². The molecule has 78 valence electrons. The molecule has 0 spiro atoms. The molecule has 1 aromatic rings. The van der Waals surface area contributed by atoms with E-state index in [1.54, 1.807) is 0 Å². The van der Waals surface area contributed by atoms with Crippen LogP contribution in [0.2, 0.25) is 0 Å². The van der Waals surface area contributed by atoms with Gasteiger partial charge in [-0.25, -0.2) is 9.37 Å². The summed E-state index contributed by atoms with van der Waals surface area (Å²) < 4.78 is 16.9. The van der Waals surface area contributed by atoms with Crippen molar-refractivity contribution >= 4 is 16.7 Å². The lowest BCUT2D eigenvalue weighted by Gasteiger charge is -2.20. The SMILES string of the molecule is CCc1nsc(N2CCCC2CF)n1. The number of nitrogens with zero attached hydrogens (tertiary/aromatic N) is 3. The summed E-state index contributed by atoms with van der Waals surface area (Å²) in [6, 6.07) is 0.0349. The first-order valence-electron chi connectivity index (χ1n) is 5.00. The van der Waals surface area contributed by atoms with Gasteiger partial charge in [-0.05, 0) is 12.8 Å². The Morgan fingerprint density at radius 2 is 2.50 bits per heavy atom. The molecule has 0 aromatic carbocycles. The van der Waals surface area contributed by atoms with E-state index in [1.165, 1.54) is 11.5 Å². The van der Waals surface area contributed by atoms with E-state index in [4.69, 9.17) is 0 Å². The Morgan fingerprint density at radius 1 is 1.64 bits per heavy atom. The number of anilines is 1. The quantitative estimate of drug-likeness (QED) is 0.772. The molecule has 0 amide bonds. The summed E-state index contributed by atoms with van der Waals surface area (Å²) in [5.41, 5.74) is 0. The topological polar surface area (TPSA) is 29.0 Å². The first-order chi connectivity index (χ1) is 6.85. The maximum atomic E-state index is 12.6. The normalized spacial score (nSPS) is 21.9. The van der Waals surface area contributed by atoms with E-state index in [-0.39, 0.29) is 12.7 Å². The van der Waals surface area contributed by atoms with Crippen molar-refractivity contribution in [2.24, 2.45) is 0 Å². The molecular weight excluding hydrogens is 201 g/mol. The average molecular weight is 215 g/mol. The maximum absolute atomic E-state index is 12.6. The Bertz CT molecular complexity index is 302. The van der Waals surface area contributed by atoms with Crippen molar-refractivity contribution < 1.29 is 4.39 Å². The number of alkyl halides is 1. The van der Waals surface area contributed by atoms with Crippen molar-refractivity contribution in [2.45, 2.75) is 32.2 Å². The summed E-state index contributed by atoms with van der Waals surface area (Å²) in [4.78, 5) is 6.43. The first-order valence-corrected chi connectivity index (χ1v) is 5.77. The van der Waals surface area contributed by atoms with Crippen LogP contribution in [0.4, 0.5) is 9.52 Å². The highest BCUT2D eigenvalue weighted by Crippen LogP contribution is 2.27. The number of hydrogen-bond acceptors (Lipinski definition) is 4. The second-order valence-electron chi connectivity index (χ2n) is 3.49. The van der Waals surface area contributed by atoms with Crippen LogP contribution in [0, 0.1) is 0 Å². The highest BCUT2D eigenvalue weighted by Gasteiger charge is 2.26. The van der Waals surface area contributed by atoms with Crippen LogP contribution < -0.4 is 4.90 Å². The molecule has 0 bridgehead atoms. The highest BCUT2D eigenvalue weighted by molar-refractivity contribution is 7.09. The molecule has 0 radical (unpaired) electrons. The van der Waals surface area contributed by atoms with Crippen LogP contribution in [-0.4, -0.2) is 28.6 Å². The molecule has 2 rings (SSSR count). The fourth-order valence-electron chi connectivity index (χ4n) is 1.75. The number of hydrogen-bond donors (Lipinski definition) is 0. The Morgan fingerprint density at radius 3 is 3.14 bits per heavy atom. The Kier molecular flexibility index (Phi) is 2.96.